The Balaban J connectivity index is 0.00000294. The Labute approximate surface area is 223 Å². The highest BCUT2D eigenvalue weighted by atomic mass is 35.5. The molecule has 0 saturated heterocycles. The summed E-state index contributed by atoms with van der Waals surface area (Å²) in [6, 6.07) is 6.92. The average molecular weight is 558 g/mol. The summed E-state index contributed by atoms with van der Waals surface area (Å²) in [6.07, 6.45) is 3.36. The molecule has 1 N–H and O–H groups in total. The Morgan fingerprint density at radius 3 is 2.79 bits per heavy atom. The fourth-order valence-corrected chi connectivity index (χ4v) is 4.26. The maximum absolute atomic E-state index is 15.0. The van der Waals surface area contributed by atoms with Crippen molar-refractivity contribution in [1.82, 2.24) is 25.1 Å². The van der Waals surface area contributed by atoms with Crippen molar-refractivity contribution in [2.45, 2.75) is 18.8 Å². The van der Waals surface area contributed by atoms with Gasteiger partial charge in [-0.1, -0.05) is 11.3 Å². The molecule has 38 heavy (non-hydrogen) atoms. The van der Waals surface area contributed by atoms with E-state index in [0.29, 0.717) is 34.3 Å². The molecule has 194 valence electrons. The van der Waals surface area contributed by atoms with Crippen LogP contribution >= 0.6 is 23.7 Å². The van der Waals surface area contributed by atoms with Crippen molar-refractivity contribution in [2.75, 3.05) is 12.4 Å². The van der Waals surface area contributed by atoms with Crippen LogP contribution in [0.1, 0.15) is 24.7 Å². The molecule has 12 nitrogen and oxygen atoms in total. The van der Waals surface area contributed by atoms with Crippen molar-refractivity contribution in [2.24, 2.45) is 0 Å². The van der Waals surface area contributed by atoms with Crippen LogP contribution in [-0.4, -0.2) is 37.2 Å². The second kappa shape index (κ2) is 10.1. The molecule has 3 heterocycles. The third-order valence-electron chi connectivity index (χ3n) is 5.60. The zero-order valence-corrected chi connectivity index (χ0v) is 21.1. The SMILES string of the molecule is COc1cc2ncnc(Nc3ccc(Oc4nc(-c5nnc(C6CC6)o5)cs4)cc3F)c2cc1[N+](=O)[O-].Cl. The third-order valence-corrected chi connectivity index (χ3v) is 6.32. The van der Waals surface area contributed by atoms with Gasteiger partial charge in [-0.3, -0.25) is 10.1 Å². The summed E-state index contributed by atoms with van der Waals surface area (Å²) in [5.41, 5.74) is 0.707. The highest BCUT2D eigenvalue weighted by Gasteiger charge is 2.30. The maximum atomic E-state index is 15.0. The molecule has 1 aliphatic rings. The van der Waals surface area contributed by atoms with Gasteiger partial charge in [-0.05, 0) is 25.0 Å². The molecule has 0 spiro atoms. The van der Waals surface area contributed by atoms with Crippen molar-refractivity contribution < 1.29 is 23.2 Å². The molecule has 1 fully saturated rings. The van der Waals surface area contributed by atoms with Crippen molar-refractivity contribution in [3.05, 3.63) is 63.9 Å². The number of anilines is 2. The number of methoxy groups -OCH3 is 1. The van der Waals surface area contributed by atoms with Gasteiger partial charge in [0, 0.05) is 29.5 Å². The molecular formula is C23H17ClFN7O5S. The summed E-state index contributed by atoms with van der Waals surface area (Å²) in [7, 11) is 1.33. The first-order valence-electron chi connectivity index (χ1n) is 11.0. The van der Waals surface area contributed by atoms with Gasteiger partial charge in [0.05, 0.1) is 28.6 Å². The Kier molecular flexibility index (Phi) is 6.73. The summed E-state index contributed by atoms with van der Waals surface area (Å²) in [5, 5.41) is 24.7. The van der Waals surface area contributed by atoms with Crippen LogP contribution in [0, 0.1) is 15.9 Å². The summed E-state index contributed by atoms with van der Waals surface area (Å²) in [4.78, 5) is 23.4. The van der Waals surface area contributed by atoms with Crippen LogP contribution < -0.4 is 14.8 Å². The van der Waals surface area contributed by atoms with E-state index in [1.165, 1.54) is 49.0 Å². The van der Waals surface area contributed by atoms with Gasteiger partial charge in [0.1, 0.15) is 29.4 Å². The van der Waals surface area contributed by atoms with Crippen LogP contribution in [0.2, 0.25) is 0 Å². The van der Waals surface area contributed by atoms with Gasteiger partial charge >= 0.3 is 5.69 Å². The van der Waals surface area contributed by atoms with E-state index in [2.05, 4.69) is 30.5 Å². The zero-order chi connectivity index (χ0) is 25.5. The molecule has 0 atom stereocenters. The van der Waals surface area contributed by atoms with Gasteiger partial charge in [0.25, 0.3) is 11.1 Å². The first kappa shape index (κ1) is 25.2. The number of aromatic nitrogens is 5. The van der Waals surface area contributed by atoms with Crippen LogP contribution in [0.4, 0.5) is 21.6 Å². The lowest BCUT2D eigenvalue weighted by Crippen LogP contribution is -2.00. The first-order chi connectivity index (χ1) is 18.0. The number of rotatable bonds is 8. The summed E-state index contributed by atoms with van der Waals surface area (Å²) < 4.78 is 31.4. The number of nitrogens with zero attached hydrogens (tertiary/aromatic N) is 6. The minimum atomic E-state index is -0.630. The molecule has 0 aliphatic heterocycles. The molecule has 5 aromatic rings. The van der Waals surface area contributed by atoms with Crippen LogP contribution in [0.25, 0.3) is 22.5 Å². The van der Waals surface area contributed by atoms with Crippen LogP contribution in [-0.2, 0) is 0 Å². The van der Waals surface area contributed by atoms with Crippen molar-refractivity contribution >= 4 is 51.8 Å². The van der Waals surface area contributed by atoms with E-state index in [1.807, 2.05) is 0 Å². The molecule has 0 bridgehead atoms. The van der Waals surface area contributed by atoms with E-state index >= 15 is 0 Å². The number of halogens is 2. The van der Waals surface area contributed by atoms with Gasteiger partial charge in [-0.2, -0.15) is 4.98 Å². The van der Waals surface area contributed by atoms with Gasteiger partial charge in [0.15, 0.2) is 5.75 Å². The number of nitro groups is 1. The number of ether oxygens (including phenoxy) is 2. The maximum Gasteiger partial charge on any atom is 0.311 e. The minimum Gasteiger partial charge on any atom is -0.490 e. The molecule has 1 aliphatic carbocycles. The topological polar surface area (TPSA) is 151 Å². The van der Waals surface area contributed by atoms with Gasteiger partial charge in [0.2, 0.25) is 5.89 Å². The number of hydrogen-bond donors (Lipinski definition) is 1. The largest absolute Gasteiger partial charge is 0.490 e. The zero-order valence-electron chi connectivity index (χ0n) is 19.5. The lowest BCUT2D eigenvalue weighted by atomic mass is 10.2. The number of fused-ring (bicyclic) bond motifs is 1. The third kappa shape index (κ3) is 4.90. The van der Waals surface area contributed by atoms with E-state index in [9.17, 15) is 14.5 Å². The minimum absolute atomic E-state index is 0. The standard InChI is InChI=1S/C23H16FN7O5S.ClH/c1-34-19-8-16-13(7-18(19)31(32)33)20(26-10-25-16)27-15-5-4-12(6-14(15)24)35-23-28-17(9-37-23)22-30-29-21(36-22)11-2-3-11;/h4-11H,2-3H2,1H3,(H,25,26,27);1H. The summed E-state index contributed by atoms with van der Waals surface area (Å²) in [5.74, 6) is 1.11. The predicted molar refractivity (Wildman–Crippen MR) is 137 cm³/mol. The number of nitrogens with one attached hydrogen (secondary N) is 1. The lowest BCUT2D eigenvalue weighted by molar-refractivity contribution is -0.385. The first-order valence-corrected chi connectivity index (χ1v) is 11.9. The van der Waals surface area contributed by atoms with E-state index in [4.69, 9.17) is 13.9 Å². The molecular weight excluding hydrogens is 541 g/mol. The quantitative estimate of drug-likeness (QED) is 0.176. The normalized spacial score (nSPS) is 12.7. The second-order valence-corrected chi connectivity index (χ2v) is 8.93. The van der Waals surface area contributed by atoms with Gasteiger partial charge < -0.3 is 19.2 Å². The molecule has 2 aromatic carbocycles. The highest BCUT2D eigenvalue weighted by Crippen LogP contribution is 2.40. The molecule has 15 heteroatoms. The van der Waals surface area contributed by atoms with E-state index < -0.39 is 10.7 Å². The fraction of sp³-hybridized carbons (Fsp3) is 0.174. The highest BCUT2D eigenvalue weighted by molar-refractivity contribution is 7.11. The molecule has 0 amide bonds. The van der Waals surface area contributed by atoms with Crippen LogP contribution in [0.3, 0.4) is 0 Å². The summed E-state index contributed by atoms with van der Waals surface area (Å²) in [6.45, 7) is 0. The monoisotopic (exact) mass is 557 g/mol. The van der Waals surface area contributed by atoms with Crippen LogP contribution in [0.15, 0.2) is 46.5 Å². The number of thiazole rings is 1. The number of benzene rings is 2. The summed E-state index contributed by atoms with van der Waals surface area (Å²) >= 11 is 1.21. The predicted octanol–water partition coefficient (Wildman–Crippen LogP) is 6.03. The Morgan fingerprint density at radius 2 is 2.05 bits per heavy atom. The Bertz CT molecular complexity index is 1660. The Morgan fingerprint density at radius 1 is 1.21 bits per heavy atom. The Hall–Kier alpha value is -4.43. The second-order valence-electron chi connectivity index (χ2n) is 8.11. The number of nitro benzene ring substituents is 1. The van der Waals surface area contributed by atoms with Crippen molar-refractivity contribution in [3.8, 4) is 28.3 Å². The fourth-order valence-electron chi connectivity index (χ4n) is 3.60. The van der Waals surface area contributed by atoms with Crippen LogP contribution in [0.5, 0.6) is 16.7 Å². The molecule has 6 rings (SSSR count). The molecule has 1 saturated carbocycles. The smallest absolute Gasteiger partial charge is 0.311 e. The molecule has 0 unspecified atom stereocenters. The molecule has 3 aromatic heterocycles. The van der Waals surface area contributed by atoms with E-state index in [-0.39, 0.29) is 46.3 Å². The van der Waals surface area contributed by atoms with Gasteiger partial charge in [-0.25, -0.2) is 14.4 Å². The van der Waals surface area contributed by atoms with E-state index in [1.54, 1.807) is 11.4 Å². The van der Waals surface area contributed by atoms with Crippen molar-refractivity contribution in [3.63, 3.8) is 0 Å². The lowest BCUT2D eigenvalue weighted by Gasteiger charge is -2.11. The molecule has 0 radical (unpaired) electrons. The van der Waals surface area contributed by atoms with E-state index in [0.717, 1.165) is 12.8 Å². The van der Waals surface area contributed by atoms with Gasteiger partial charge in [-0.15, -0.1) is 22.6 Å². The van der Waals surface area contributed by atoms with Crippen molar-refractivity contribution in [1.29, 1.82) is 0 Å². The number of hydrogen-bond acceptors (Lipinski definition) is 12. The average Bonchev–Trinajstić information content (AvgIpc) is 3.44.